The summed E-state index contributed by atoms with van der Waals surface area (Å²) in [4.78, 5) is 300. The predicted octanol–water partition coefficient (Wildman–Crippen LogP) is -4.47. The number of nitrogens with two attached hydrogens (primary N) is 2. The first-order valence-electron chi connectivity index (χ1n) is 46.2. The number of fused-ring (bicyclic) bond motifs is 19. The number of hydrogen-bond donors (Lipinski definition) is 24. The molecule has 6 rings (SSSR count). The predicted molar refractivity (Wildman–Crippen MR) is 513 cm³/mol. The summed E-state index contributed by atoms with van der Waals surface area (Å²) in [5, 5.41) is 67.3. The van der Waals surface area contributed by atoms with Gasteiger partial charge in [0.1, 0.15) is 96.7 Å². The molecule has 0 spiro atoms. The Morgan fingerprint density at radius 2 is 0.956 bits per heavy atom. The molecule has 48 heteroatoms. The Hall–Kier alpha value is -10.6. The van der Waals surface area contributed by atoms with Crippen LogP contribution in [0.1, 0.15) is 167 Å². The van der Waals surface area contributed by atoms with E-state index in [1.165, 1.54) is 27.7 Å². The molecule has 21 atom stereocenters. The maximum absolute atomic E-state index is 15.9. The molecule has 4 bridgehead atoms. The highest BCUT2D eigenvalue weighted by atomic mass is 32.2. The van der Waals surface area contributed by atoms with Crippen molar-refractivity contribution in [2.24, 2.45) is 41.1 Å². The summed E-state index contributed by atoms with van der Waals surface area (Å²) in [6.07, 6.45) is 3.34. The number of aliphatic hydroxyl groups is 1. The van der Waals surface area contributed by atoms with E-state index in [9.17, 15) is 53.4 Å². The van der Waals surface area contributed by atoms with Gasteiger partial charge in [0.25, 0.3) is 0 Å². The third-order valence-electron chi connectivity index (χ3n) is 23.3. The lowest BCUT2D eigenvalue weighted by Crippen LogP contribution is -2.63. The molecule has 136 heavy (non-hydrogen) atoms. The van der Waals surface area contributed by atoms with Crippen LogP contribution >= 0.6 is 47.0 Å². The number of hydrogen-bond acceptors (Lipinski definition) is 27. The van der Waals surface area contributed by atoms with Gasteiger partial charge in [0, 0.05) is 81.0 Å². The molecule has 19 amide bonds. The molecule has 4 saturated heterocycles. The maximum Gasteiger partial charge on any atom is 0.303 e. The number of H-pyrrole nitrogens is 1. The first kappa shape index (κ1) is 114. The summed E-state index contributed by atoms with van der Waals surface area (Å²) in [6, 6.07) is -21.5. The smallest absolute Gasteiger partial charge is 0.303 e. The second-order valence-electron chi connectivity index (χ2n) is 36.2. The second kappa shape index (κ2) is 56.3. The van der Waals surface area contributed by atoms with Gasteiger partial charge in [-0.3, -0.25) is 95.9 Å². The molecule has 1 unspecified atom stereocenters. The van der Waals surface area contributed by atoms with Crippen LogP contribution in [0.5, 0.6) is 0 Å². The second-order valence-corrected chi connectivity index (χ2v) is 41.5. The molecule has 0 radical (unpaired) electrons. The van der Waals surface area contributed by atoms with E-state index in [0.29, 0.717) is 47.6 Å². The van der Waals surface area contributed by atoms with Gasteiger partial charge in [0.2, 0.25) is 112 Å². The topological polar surface area (TPSA) is 678 Å². The third-order valence-corrected chi connectivity index (χ3v) is 28.4. The van der Waals surface area contributed by atoms with Crippen molar-refractivity contribution >= 4 is 176 Å². The molecule has 4 fully saturated rings. The average molecular weight is 1990 g/mol. The fraction of sp³-hybridized carbons (Fsp3) is 0.682. The molecule has 5 heterocycles. The van der Waals surface area contributed by atoms with E-state index in [1.54, 1.807) is 99.7 Å². The van der Waals surface area contributed by atoms with Crippen LogP contribution in [0.25, 0.3) is 10.9 Å². The number of aliphatic carboxylic acids is 1. The van der Waals surface area contributed by atoms with E-state index < -0.39 is 316 Å². The largest absolute Gasteiger partial charge is 0.481 e. The van der Waals surface area contributed by atoms with Crippen LogP contribution in [0.4, 0.5) is 0 Å². The number of unbranched alkanes of at least 4 members (excludes halogenated alkanes) is 4. The molecule has 0 saturated carbocycles. The van der Waals surface area contributed by atoms with Crippen LogP contribution in [0.3, 0.4) is 0 Å². The summed E-state index contributed by atoms with van der Waals surface area (Å²) in [7, 11) is 0. The van der Waals surface area contributed by atoms with Crippen LogP contribution in [0, 0.1) is 29.6 Å². The Bertz CT molecular complexity index is 4530. The number of carbonyl (C=O) groups is 20. The van der Waals surface area contributed by atoms with Gasteiger partial charge in [-0.25, -0.2) is 0 Å². The molecule has 44 nitrogen and oxygen atoms in total. The van der Waals surface area contributed by atoms with Crippen molar-refractivity contribution in [3.05, 3.63) is 36.0 Å². The molecular weight excluding hydrogens is 1850 g/mol. The zero-order valence-electron chi connectivity index (χ0n) is 79.5. The van der Waals surface area contributed by atoms with Gasteiger partial charge in [-0.2, -0.15) is 47.0 Å². The van der Waals surface area contributed by atoms with Crippen LogP contribution in [-0.4, -0.2) is 313 Å². The normalized spacial score (nSPS) is 28.7. The minimum atomic E-state index is -1.96. The fourth-order valence-electron chi connectivity index (χ4n) is 15.0. The summed E-state index contributed by atoms with van der Waals surface area (Å²) < 4.78 is 0. The van der Waals surface area contributed by atoms with Gasteiger partial charge in [-0.15, -0.1) is 0 Å². The number of aromatic amines is 1. The van der Waals surface area contributed by atoms with E-state index in [-0.39, 0.29) is 43.9 Å². The van der Waals surface area contributed by atoms with E-state index in [4.69, 9.17) is 11.5 Å². The highest BCUT2D eigenvalue weighted by Gasteiger charge is 2.44. The van der Waals surface area contributed by atoms with E-state index >= 15 is 52.7 Å². The summed E-state index contributed by atoms with van der Waals surface area (Å²) in [5.41, 5.74) is 13.3. The number of aromatic nitrogens is 1. The number of rotatable bonds is 24. The number of carbonyl (C=O) groups excluding carboxylic acids is 19. The zero-order chi connectivity index (χ0) is 101. The van der Waals surface area contributed by atoms with Crippen molar-refractivity contribution in [3.63, 3.8) is 0 Å². The lowest BCUT2D eigenvalue weighted by atomic mass is 9.96. The first-order valence-corrected chi connectivity index (χ1v) is 50.5. The number of aliphatic hydroxyl groups excluding tert-OH is 1. The van der Waals surface area contributed by atoms with Crippen LogP contribution < -0.4 is 112 Å². The third kappa shape index (κ3) is 36.1. The molecule has 2 aromatic rings. The van der Waals surface area contributed by atoms with Crippen LogP contribution in [-0.2, 0) is 102 Å². The van der Waals surface area contributed by atoms with E-state index in [2.05, 4.69) is 106 Å². The van der Waals surface area contributed by atoms with Gasteiger partial charge in [0.05, 0.1) is 25.7 Å². The molecular formula is C88H140N22O22S4. The van der Waals surface area contributed by atoms with E-state index in [1.807, 2.05) is 0 Å². The highest BCUT2D eigenvalue weighted by molar-refractivity contribution is 8.00. The van der Waals surface area contributed by atoms with Gasteiger partial charge in [-0.1, -0.05) is 134 Å². The number of carboxylic acid groups (broad SMARTS) is 1. The van der Waals surface area contributed by atoms with E-state index in [0.717, 1.165) is 54.5 Å². The van der Waals surface area contributed by atoms with Gasteiger partial charge in [0.15, 0.2) is 0 Å². The molecule has 758 valence electrons. The molecule has 0 aliphatic carbocycles. The number of para-hydroxylation sites is 1. The maximum atomic E-state index is 15.9. The summed E-state index contributed by atoms with van der Waals surface area (Å²) >= 11 is 3.16. The first-order chi connectivity index (χ1) is 64.2. The Balaban J connectivity index is 1.61. The van der Waals surface area contributed by atoms with Crippen molar-refractivity contribution < 1.29 is 106 Å². The Morgan fingerprint density at radius 1 is 0.463 bits per heavy atom. The SMILES string of the molecule is CCC(C)[C@@H]1NC(=O)[C@@H]2NC(=O)[C@H](CC(C)C)NC(=O)[C@H](NC(=O)[C@@H]3CSC[C@H](N)C(=O)N[C@@H](CO)C(=O)NCC(=O)N[C@@H](Cc4c[nH]c5ccccc45)C(=O)N[C@@H](C(C)C)C(=O)N3)[C@H](C)SC[C@H](NC(=O)[C@H](CCC(=O)O)NC1=O)C(=O)NCC(=O)N[C@@H]1C(=O)N[C@@H](CC(C)C)C(=O)N[C@@H](C(C)C)C(=O)N[C@@H](CS[C@H]2C)C(=O)N[C@@H](C)C(=O)N[C@H](C(=O)NCCCCCCCN)CS[C@H]1C. The van der Waals surface area contributed by atoms with Gasteiger partial charge < -0.3 is 128 Å². The van der Waals surface area contributed by atoms with Crippen molar-refractivity contribution in [3.8, 4) is 0 Å². The monoisotopic (exact) mass is 1980 g/mol. The van der Waals surface area contributed by atoms with Crippen molar-refractivity contribution in [2.75, 3.05) is 61.6 Å². The zero-order valence-corrected chi connectivity index (χ0v) is 82.8. The lowest BCUT2D eigenvalue weighted by molar-refractivity contribution is -0.139. The number of thioether (sulfide) groups is 4. The summed E-state index contributed by atoms with van der Waals surface area (Å²) in [6.45, 7) is 19.7. The Morgan fingerprint density at radius 3 is 1.57 bits per heavy atom. The Kier molecular flexibility index (Phi) is 47.3. The minimum Gasteiger partial charge on any atom is -0.481 e. The highest BCUT2D eigenvalue weighted by Crippen LogP contribution is 2.26. The number of benzene rings is 1. The van der Waals surface area contributed by atoms with Crippen LogP contribution in [0.15, 0.2) is 30.5 Å². The van der Waals surface area contributed by atoms with Crippen molar-refractivity contribution in [1.29, 1.82) is 0 Å². The quantitative estimate of drug-likeness (QED) is 0.0348. The molecule has 1 aromatic carbocycles. The molecule has 26 N–H and O–H groups in total. The van der Waals surface area contributed by atoms with Crippen LogP contribution in [0.2, 0.25) is 0 Å². The molecule has 1 aromatic heterocycles. The number of amides is 19. The average Bonchev–Trinajstić information content (AvgIpc) is 1.72. The Labute approximate surface area is 808 Å². The van der Waals surface area contributed by atoms with Crippen molar-refractivity contribution in [2.45, 2.75) is 286 Å². The summed E-state index contributed by atoms with van der Waals surface area (Å²) in [5.74, 6) is -26.9. The van der Waals surface area contributed by atoms with Gasteiger partial charge >= 0.3 is 5.97 Å². The fourth-order valence-corrected chi connectivity index (χ4v) is 19.3. The number of nitrogens with one attached hydrogen (secondary N) is 20. The molecule has 4 aliphatic rings. The van der Waals surface area contributed by atoms with Crippen molar-refractivity contribution in [1.82, 2.24) is 106 Å². The number of carboxylic acids is 1. The minimum absolute atomic E-state index is 0.0837. The lowest BCUT2D eigenvalue weighted by Gasteiger charge is -2.32. The standard InChI is InChI=1S/C88H140N22O22S4/c1-15-45(10)68-85(129)97-54(25-26-65(114)115)77(121)102-61-39-135-48(13)70(110-82(126)59-37-133-36-52(90)73(117)100-58(35-111)74(118)93-33-63(112)96-57(80(124)107-66(43(6)7)83(127)103-59)31-50-32-92-53-24-20-19-23-51(50)53)87(131)99-56(30-42(4)5)79(123)109-71(88(132)108-68)49(14)136-40-62-81(125)95-46(11)72(116)101-60(75(119)91-28-22-18-16-17-21-27-89)38-134-47(12)69(105-64(113)34-94-76(61)120)86(130)98-55(29-41(2)3)78(122)106-67(44(8)9)84(128)104-62/h19-20,23-24,32,41-49,52,54-62,66-71,92,111H,15-18,21-22,25-31,33-40,89-90H2,1-14H3,(H,91,119)(H,93,118)(H,94,120)(H,95,125)(H,96,112)(H,97,129)(H,98,130)(H,99,131)(H,100,117)(H,101,116)(H,102,121)(H,103,127)(H,104,128)(H,105,113)(H,106,122)(H,107,124)(H,108,132)(H,109,123)(H,110,126)(H,114,115)/t45?,46-,47-,48-,49-,52-,54-,55-,56-,57-,58-,59-,60-,61-,62-,66-,67-,68-,69-,70+,71+/m0/s1. The molecule has 4 aliphatic heterocycles. The van der Waals surface area contributed by atoms with Gasteiger partial charge in [-0.05, 0) is 86.8 Å².